The van der Waals surface area contributed by atoms with Crippen LogP contribution in [0.1, 0.15) is 22.6 Å². The van der Waals surface area contributed by atoms with Crippen molar-refractivity contribution in [2.24, 2.45) is 5.73 Å². The number of nitrogens with two attached hydrogens (primary N) is 1. The Hall–Kier alpha value is -3.34. The number of aromatic nitrogens is 2. The number of amides is 2. The van der Waals surface area contributed by atoms with Crippen LogP contribution in [0.4, 0.5) is 0 Å². The Morgan fingerprint density at radius 2 is 2.14 bits per heavy atom. The van der Waals surface area contributed by atoms with E-state index in [2.05, 4.69) is 16.8 Å². The number of benzene rings is 1. The van der Waals surface area contributed by atoms with Crippen LogP contribution < -0.4 is 5.73 Å². The van der Waals surface area contributed by atoms with Gasteiger partial charge in [-0.25, -0.2) is 4.98 Å². The minimum atomic E-state index is -1.66. The summed E-state index contributed by atoms with van der Waals surface area (Å²) in [7, 11) is 1.63. The number of carbonyl (C=O) groups excluding carboxylic acids is 2. The highest BCUT2D eigenvalue weighted by Crippen LogP contribution is 2.27. The molecule has 1 aliphatic rings. The second-order valence-corrected chi connectivity index (χ2v) is 7.36. The van der Waals surface area contributed by atoms with E-state index in [1.54, 1.807) is 48.0 Å². The molecule has 1 fully saturated rings. The minimum absolute atomic E-state index is 0.0721. The number of hydrogen-bond donors (Lipinski definition) is 2. The molecule has 2 amide bonds. The summed E-state index contributed by atoms with van der Waals surface area (Å²) in [5.41, 5.74) is 6.33. The normalized spacial score (nSPS) is 18.7. The molecule has 0 saturated carbocycles. The average molecular weight is 409 g/mol. The third-order valence-corrected chi connectivity index (χ3v) is 5.10. The van der Waals surface area contributed by atoms with Gasteiger partial charge < -0.3 is 15.7 Å². The van der Waals surface area contributed by atoms with Crippen LogP contribution in [0.2, 0.25) is 5.02 Å². The van der Waals surface area contributed by atoms with Gasteiger partial charge >= 0.3 is 0 Å². The molecule has 0 aliphatic carbocycles. The summed E-state index contributed by atoms with van der Waals surface area (Å²) >= 11 is 6.04. The highest BCUT2D eigenvalue weighted by Gasteiger charge is 2.42. The number of pyridine rings is 1. The number of nitrogens with zero attached hydrogens (tertiary/aromatic N) is 3. The highest BCUT2D eigenvalue weighted by molar-refractivity contribution is 6.30. The maximum absolute atomic E-state index is 12.1. The summed E-state index contributed by atoms with van der Waals surface area (Å²) < 4.78 is 1.55. The molecule has 29 heavy (non-hydrogen) atoms. The molecule has 146 valence electrons. The molecule has 1 atom stereocenters. The first-order valence-electron chi connectivity index (χ1n) is 8.87. The zero-order chi connectivity index (χ0) is 20.8. The molecule has 0 spiro atoms. The molecule has 2 aromatic heterocycles. The van der Waals surface area contributed by atoms with Gasteiger partial charge in [-0.2, -0.15) is 0 Å². The van der Waals surface area contributed by atoms with Gasteiger partial charge in [0.2, 0.25) is 11.4 Å². The van der Waals surface area contributed by atoms with Crippen LogP contribution in [0.25, 0.3) is 16.8 Å². The lowest BCUT2D eigenvalue weighted by atomic mass is 10.0. The quantitative estimate of drug-likeness (QED) is 0.630. The number of likely N-dealkylation sites (tertiary alicyclic amines) is 1. The van der Waals surface area contributed by atoms with Gasteiger partial charge in [-0.15, -0.1) is 0 Å². The second kappa shape index (κ2) is 6.92. The van der Waals surface area contributed by atoms with Gasteiger partial charge in [0.15, 0.2) is 0 Å². The van der Waals surface area contributed by atoms with E-state index in [0.29, 0.717) is 33.9 Å². The number of imidazole rings is 1. The molecule has 0 unspecified atom stereocenters. The van der Waals surface area contributed by atoms with Gasteiger partial charge in [-0.05, 0) is 24.3 Å². The van der Waals surface area contributed by atoms with Crippen molar-refractivity contribution < 1.29 is 14.7 Å². The lowest BCUT2D eigenvalue weighted by Crippen LogP contribution is -2.37. The molecule has 1 saturated heterocycles. The fourth-order valence-electron chi connectivity index (χ4n) is 3.34. The predicted octanol–water partition coefficient (Wildman–Crippen LogP) is 1.70. The average Bonchev–Trinajstić information content (AvgIpc) is 3.20. The van der Waals surface area contributed by atoms with Crippen LogP contribution in [0.3, 0.4) is 0 Å². The Morgan fingerprint density at radius 3 is 2.83 bits per heavy atom. The zero-order valence-corrected chi connectivity index (χ0v) is 16.3. The number of likely N-dealkylation sites (N-methyl/N-ethyl adjacent to an activating group) is 1. The number of fused-ring (bicyclic) bond motifs is 1. The molecule has 1 aliphatic heterocycles. The van der Waals surface area contributed by atoms with Crippen LogP contribution >= 0.6 is 11.6 Å². The summed E-state index contributed by atoms with van der Waals surface area (Å²) in [5, 5.41) is 10.9. The van der Waals surface area contributed by atoms with Gasteiger partial charge in [-0.1, -0.05) is 35.6 Å². The van der Waals surface area contributed by atoms with Gasteiger partial charge in [0.05, 0.1) is 16.2 Å². The molecular weight excluding hydrogens is 392 g/mol. The molecule has 0 bridgehead atoms. The van der Waals surface area contributed by atoms with E-state index in [9.17, 15) is 14.7 Å². The van der Waals surface area contributed by atoms with E-state index in [0.717, 1.165) is 0 Å². The smallest absolute Gasteiger partial charge is 0.285 e. The Balaban J connectivity index is 1.77. The van der Waals surface area contributed by atoms with E-state index >= 15 is 0 Å². The number of hydrogen-bond acceptors (Lipinski definition) is 4. The molecule has 3 aromatic rings. The molecular formula is C21H17ClN4O3. The number of aliphatic hydroxyl groups is 1. The Bertz CT molecular complexity index is 1220. The largest absolute Gasteiger partial charge is 0.369 e. The first-order chi connectivity index (χ1) is 13.8. The van der Waals surface area contributed by atoms with Crippen LogP contribution in [0.5, 0.6) is 0 Å². The maximum atomic E-state index is 12.1. The van der Waals surface area contributed by atoms with Gasteiger partial charge in [0.1, 0.15) is 0 Å². The fraction of sp³-hybridized carbons (Fsp3) is 0.190. The summed E-state index contributed by atoms with van der Waals surface area (Å²) in [5.74, 6) is 4.58. The van der Waals surface area contributed by atoms with E-state index in [4.69, 9.17) is 17.3 Å². The summed E-state index contributed by atoms with van der Waals surface area (Å²) in [4.78, 5) is 29.7. The van der Waals surface area contributed by atoms with E-state index in [1.807, 2.05) is 6.07 Å². The van der Waals surface area contributed by atoms with Crippen molar-refractivity contribution in [3.63, 3.8) is 0 Å². The number of rotatable bonds is 2. The van der Waals surface area contributed by atoms with Crippen molar-refractivity contribution in [1.82, 2.24) is 14.3 Å². The number of carbonyl (C=O) groups is 2. The van der Waals surface area contributed by atoms with Crippen LogP contribution in [0.15, 0.2) is 42.6 Å². The molecule has 1 aromatic carbocycles. The first kappa shape index (κ1) is 19.0. The Labute approximate surface area is 171 Å². The lowest BCUT2D eigenvalue weighted by Gasteiger charge is -2.13. The molecule has 4 rings (SSSR count). The van der Waals surface area contributed by atoms with Gasteiger partial charge in [-0.3, -0.25) is 14.0 Å². The third-order valence-electron chi connectivity index (χ3n) is 4.88. The Kier molecular flexibility index (Phi) is 4.53. The van der Waals surface area contributed by atoms with Crippen LogP contribution in [0, 0.1) is 11.8 Å². The highest BCUT2D eigenvalue weighted by atomic mass is 35.5. The van der Waals surface area contributed by atoms with Crippen molar-refractivity contribution in [2.45, 2.75) is 12.0 Å². The fourth-order valence-corrected chi connectivity index (χ4v) is 3.50. The second-order valence-electron chi connectivity index (χ2n) is 6.92. The minimum Gasteiger partial charge on any atom is -0.369 e. The molecule has 3 heterocycles. The number of halogens is 1. The van der Waals surface area contributed by atoms with Gasteiger partial charge in [0.25, 0.3) is 11.8 Å². The van der Waals surface area contributed by atoms with Crippen LogP contribution in [-0.4, -0.2) is 50.4 Å². The first-order valence-corrected chi connectivity index (χ1v) is 9.25. The standard InChI is InChI=1S/C21H17ClN4O3/c1-25-10-9-21(29,20(25)28)8-7-13-3-2-4-14(11-13)17-16-6-5-15(22)12-26(16)19(24-17)18(23)27/h2-6,11-12,29H,9-10H2,1H3,(H2,23,27)/t21-/m0/s1. The zero-order valence-electron chi connectivity index (χ0n) is 15.5. The van der Waals surface area contributed by atoms with Crippen molar-refractivity contribution >= 4 is 28.9 Å². The molecule has 7 nitrogen and oxygen atoms in total. The van der Waals surface area contributed by atoms with E-state index in [1.165, 1.54) is 4.90 Å². The summed E-state index contributed by atoms with van der Waals surface area (Å²) in [6.45, 7) is 0.461. The summed E-state index contributed by atoms with van der Waals surface area (Å²) in [6, 6.07) is 10.6. The third kappa shape index (κ3) is 3.33. The summed E-state index contributed by atoms with van der Waals surface area (Å²) in [6.07, 6.45) is 1.85. The SMILES string of the molecule is CN1CC[C@@](O)(C#Cc2cccc(-c3nc(C(N)=O)n4cc(Cl)ccc34)c2)C1=O. The van der Waals surface area contributed by atoms with Crippen molar-refractivity contribution in [1.29, 1.82) is 0 Å². The lowest BCUT2D eigenvalue weighted by molar-refractivity contribution is -0.137. The topological polar surface area (TPSA) is 101 Å². The van der Waals surface area contributed by atoms with Crippen molar-refractivity contribution in [3.05, 3.63) is 59.0 Å². The molecule has 3 N–H and O–H groups in total. The van der Waals surface area contributed by atoms with Gasteiger partial charge in [0, 0.05) is 37.3 Å². The predicted molar refractivity (Wildman–Crippen MR) is 108 cm³/mol. The van der Waals surface area contributed by atoms with Crippen molar-refractivity contribution in [3.8, 4) is 23.1 Å². The maximum Gasteiger partial charge on any atom is 0.285 e. The monoisotopic (exact) mass is 408 g/mol. The van der Waals surface area contributed by atoms with Crippen LogP contribution in [-0.2, 0) is 4.79 Å². The van der Waals surface area contributed by atoms with E-state index in [-0.39, 0.29) is 12.2 Å². The number of primary amides is 1. The van der Waals surface area contributed by atoms with Crippen molar-refractivity contribution in [2.75, 3.05) is 13.6 Å². The molecule has 0 radical (unpaired) electrons. The Morgan fingerprint density at radius 1 is 1.34 bits per heavy atom. The van der Waals surface area contributed by atoms with E-state index < -0.39 is 17.4 Å². The molecule has 8 heteroatoms.